The summed E-state index contributed by atoms with van der Waals surface area (Å²) >= 11 is 6.00. The van der Waals surface area contributed by atoms with Crippen LogP contribution in [-0.2, 0) is 17.8 Å². The second kappa shape index (κ2) is 7.57. The van der Waals surface area contributed by atoms with Gasteiger partial charge in [-0.3, -0.25) is 9.78 Å². The number of likely N-dealkylation sites (tertiary alicyclic amines) is 1. The fraction of sp³-hybridized carbons (Fsp3) is 0.333. The summed E-state index contributed by atoms with van der Waals surface area (Å²) in [7, 11) is 0. The number of benzene rings is 1. The Morgan fingerprint density at radius 2 is 2.17 bits per heavy atom. The van der Waals surface area contributed by atoms with Crippen molar-refractivity contribution in [2.75, 3.05) is 13.1 Å². The maximum Gasteiger partial charge on any atom is 0.224 e. The molecule has 2 aromatic rings. The lowest BCUT2D eigenvalue weighted by molar-refractivity contribution is -0.127. The van der Waals surface area contributed by atoms with Crippen molar-refractivity contribution in [1.29, 1.82) is 0 Å². The van der Waals surface area contributed by atoms with Crippen LogP contribution in [-0.4, -0.2) is 34.9 Å². The Bertz CT molecular complexity index is 662. The van der Waals surface area contributed by atoms with Crippen LogP contribution in [0.2, 0.25) is 5.02 Å². The first-order valence-corrected chi connectivity index (χ1v) is 8.24. The van der Waals surface area contributed by atoms with Crippen LogP contribution in [0.3, 0.4) is 0 Å². The molecule has 0 radical (unpaired) electrons. The van der Waals surface area contributed by atoms with Gasteiger partial charge in [-0.2, -0.15) is 0 Å². The molecule has 0 saturated carbocycles. The van der Waals surface area contributed by atoms with Gasteiger partial charge in [-0.1, -0.05) is 29.8 Å². The number of nitrogens with one attached hydrogen (secondary N) is 1. The maximum absolute atomic E-state index is 12.1. The van der Waals surface area contributed by atoms with Gasteiger partial charge in [-0.25, -0.2) is 0 Å². The van der Waals surface area contributed by atoms with Crippen LogP contribution in [0.15, 0.2) is 48.7 Å². The van der Waals surface area contributed by atoms with Gasteiger partial charge in [0.15, 0.2) is 0 Å². The summed E-state index contributed by atoms with van der Waals surface area (Å²) in [5, 5.41) is 4.16. The third-order valence-electron chi connectivity index (χ3n) is 4.07. The number of hydrogen-bond acceptors (Lipinski definition) is 3. The molecule has 23 heavy (non-hydrogen) atoms. The number of rotatable bonds is 6. The molecule has 1 fully saturated rings. The molecular weight excluding hydrogens is 310 g/mol. The summed E-state index contributed by atoms with van der Waals surface area (Å²) in [6.07, 6.45) is 3.18. The molecule has 0 spiro atoms. The largest absolute Gasteiger partial charge is 0.341 e. The third kappa shape index (κ3) is 4.53. The van der Waals surface area contributed by atoms with Gasteiger partial charge >= 0.3 is 0 Å². The van der Waals surface area contributed by atoms with Crippen LogP contribution >= 0.6 is 11.6 Å². The first-order chi connectivity index (χ1) is 11.2. The Morgan fingerprint density at radius 1 is 1.26 bits per heavy atom. The second-order valence-corrected chi connectivity index (χ2v) is 6.26. The molecule has 1 saturated heterocycles. The molecule has 0 bridgehead atoms. The zero-order valence-electron chi connectivity index (χ0n) is 12.9. The second-order valence-electron chi connectivity index (χ2n) is 5.82. The van der Waals surface area contributed by atoms with E-state index in [2.05, 4.69) is 10.3 Å². The zero-order chi connectivity index (χ0) is 16.1. The van der Waals surface area contributed by atoms with Crippen molar-refractivity contribution >= 4 is 17.5 Å². The van der Waals surface area contributed by atoms with Crippen LogP contribution in [0.4, 0.5) is 0 Å². The minimum Gasteiger partial charge on any atom is -0.341 e. The van der Waals surface area contributed by atoms with Crippen LogP contribution in [0.1, 0.15) is 17.7 Å². The minimum atomic E-state index is 0.198. The minimum absolute atomic E-state index is 0.198. The van der Waals surface area contributed by atoms with E-state index in [4.69, 9.17) is 11.6 Å². The molecule has 4 nitrogen and oxygen atoms in total. The highest BCUT2D eigenvalue weighted by Crippen LogP contribution is 2.15. The highest BCUT2D eigenvalue weighted by Gasteiger charge is 2.28. The summed E-state index contributed by atoms with van der Waals surface area (Å²) in [5.74, 6) is 0.213. The van der Waals surface area contributed by atoms with Crippen LogP contribution in [0.5, 0.6) is 0 Å². The van der Waals surface area contributed by atoms with Crippen molar-refractivity contribution in [3.63, 3.8) is 0 Å². The van der Waals surface area contributed by atoms with E-state index in [-0.39, 0.29) is 11.9 Å². The Kier molecular flexibility index (Phi) is 5.26. The summed E-state index contributed by atoms with van der Waals surface area (Å²) in [6, 6.07) is 13.9. The molecule has 1 N–H and O–H groups in total. The van der Waals surface area contributed by atoms with Crippen LogP contribution in [0.25, 0.3) is 0 Å². The lowest BCUT2D eigenvalue weighted by Crippen LogP contribution is -2.33. The number of halogens is 1. The summed E-state index contributed by atoms with van der Waals surface area (Å²) in [4.78, 5) is 18.3. The van der Waals surface area contributed by atoms with Crippen molar-refractivity contribution < 1.29 is 4.79 Å². The first kappa shape index (κ1) is 16.0. The normalized spacial score (nSPS) is 17.7. The molecule has 1 aliphatic rings. The Labute approximate surface area is 141 Å². The smallest absolute Gasteiger partial charge is 0.224 e. The number of amides is 1. The molecule has 1 atom stereocenters. The van der Waals surface area contributed by atoms with Gasteiger partial charge in [0.2, 0.25) is 5.91 Å². The number of nitrogens with zero attached hydrogens (tertiary/aromatic N) is 2. The fourth-order valence-electron chi connectivity index (χ4n) is 2.83. The molecule has 0 unspecified atom stereocenters. The lowest BCUT2D eigenvalue weighted by atomic mass is 10.1. The summed E-state index contributed by atoms with van der Waals surface area (Å²) < 4.78 is 0. The number of pyridine rings is 1. The highest BCUT2D eigenvalue weighted by atomic mass is 35.5. The monoisotopic (exact) mass is 329 g/mol. The number of aromatic nitrogens is 1. The average Bonchev–Trinajstić information content (AvgIpc) is 2.92. The zero-order valence-corrected chi connectivity index (χ0v) is 13.7. The SMILES string of the molecule is O=C1C[C@H](NCc2ccccn2)CN1CCc1cccc(Cl)c1. The van der Waals surface area contributed by atoms with Crippen molar-refractivity contribution in [2.24, 2.45) is 0 Å². The van der Waals surface area contributed by atoms with Crippen molar-refractivity contribution in [3.05, 3.63) is 64.9 Å². The molecule has 2 heterocycles. The van der Waals surface area contributed by atoms with Gasteiger partial charge in [0, 0.05) is 43.3 Å². The Morgan fingerprint density at radius 3 is 2.96 bits per heavy atom. The van der Waals surface area contributed by atoms with Crippen molar-refractivity contribution in [3.8, 4) is 0 Å². The maximum atomic E-state index is 12.1. The van der Waals surface area contributed by atoms with Crippen LogP contribution < -0.4 is 5.32 Å². The van der Waals surface area contributed by atoms with E-state index >= 15 is 0 Å². The molecule has 0 aliphatic carbocycles. The van der Waals surface area contributed by atoms with Gasteiger partial charge in [-0.05, 0) is 36.2 Å². The van der Waals surface area contributed by atoms with E-state index in [1.54, 1.807) is 6.20 Å². The Hall–Kier alpha value is -1.91. The molecular formula is C18H20ClN3O. The number of hydrogen-bond donors (Lipinski definition) is 1. The third-order valence-corrected chi connectivity index (χ3v) is 4.31. The van der Waals surface area contributed by atoms with Gasteiger partial charge in [0.05, 0.1) is 5.69 Å². The molecule has 3 rings (SSSR count). The van der Waals surface area contributed by atoms with Gasteiger partial charge < -0.3 is 10.2 Å². The number of carbonyl (C=O) groups excluding carboxylic acids is 1. The van der Waals surface area contributed by atoms with Gasteiger partial charge in [-0.15, -0.1) is 0 Å². The Balaban J connectivity index is 1.47. The van der Waals surface area contributed by atoms with E-state index in [0.717, 1.165) is 35.8 Å². The van der Waals surface area contributed by atoms with Gasteiger partial charge in [0.25, 0.3) is 0 Å². The van der Waals surface area contributed by atoms with E-state index in [1.807, 2.05) is 47.4 Å². The van der Waals surface area contributed by atoms with Crippen molar-refractivity contribution in [1.82, 2.24) is 15.2 Å². The molecule has 120 valence electrons. The van der Waals surface area contributed by atoms with Crippen molar-refractivity contribution in [2.45, 2.75) is 25.4 Å². The topological polar surface area (TPSA) is 45.2 Å². The average molecular weight is 330 g/mol. The standard InChI is InChI=1S/C18H20ClN3O/c19-15-5-3-4-14(10-15)7-9-22-13-17(11-18(22)23)21-12-16-6-1-2-8-20-16/h1-6,8,10,17,21H,7,9,11-13H2/t17-/m0/s1. The molecule has 1 aromatic carbocycles. The quantitative estimate of drug-likeness (QED) is 0.886. The van der Waals surface area contributed by atoms with E-state index in [9.17, 15) is 4.79 Å². The molecule has 1 amide bonds. The van der Waals surface area contributed by atoms with E-state index in [1.165, 1.54) is 0 Å². The van der Waals surface area contributed by atoms with E-state index < -0.39 is 0 Å². The first-order valence-electron chi connectivity index (χ1n) is 7.86. The van der Waals surface area contributed by atoms with Crippen LogP contribution in [0, 0.1) is 0 Å². The summed E-state index contributed by atoms with van der Waals surface area (Å²) in [5.41, 5.74) is 2.16. The fourth-order valence-corrected chi connectivity index (χ4v) is 3.05. The highest BCUT2D eigenvalue weighted by molar-refractivity contribution is 6.30. The predicted octanol–water partition coefficient (Wildman–Crippen LogP) is 2.67. The van der Waals surface area contributed by atoms with Gasteiger partial charge in [0.1, 0.15) is 0 Å². The molecule has 1 aromatic heterocycles. The number of carbonyl (C=O) groups is 1. The predicted molar refractivity (Wildman–Crippen MR) is 91.2 cm³/mol. The lowest BCUT2D eigenvalue weighted by Gasteiger charge is -2.17. The van der Waals surface area contributed by atoms with E-state index in [0.29, 0.717) is 13.0 Å². The molecule has 1 aliphatic heterocycles. The molecule has 5 heteroatoms. The summed E-state index contributed by atoms with van der Waals surface area (Å²) in [6.45, 7) is 2.19.